The van der Waals surface area contributed by atoms with Gasteiger partial charge in [-0.25, -0.2) is 0 Å². The van der Waals surface area contributed by atoms with E-state index in [0.717, 1.165) is 13.1 Å². The molecule has 0 radical (unpaired) electrons. The predicted octanol–water partition coefficient (Wildman–Crippen LogP) is 2.70. The normalized spacial score (nSPS) is 17.8. The van der Waals surface area contributed by atoms with E-state index < -0.39 is 0 Å². The van der Waals surface area contributed by atoms with Crippen LogP contribution in [-0.4, -0.2) is 18.1 Å². The van der Waals surface area contributed by atoms with Gasteiger partial charge in [0.1, 0.15) is 0 Å². The molecule has 82 valence electrons. The van der Waals surface area contributed by atoms with Gasteiger partial charge in [0, 0.05) is 17.8 Å². The Labute approximate surface area is 95.7 Å². The first-order valence-electron chi connectivity index (χ1n) is 5.98. The Balaban J connectivity index is 2.08. The highest BCUT2D eigenvalue weighted by molar-refractivity contribution is 5.85. The summed E-state index contributed by atoms with van der Waals surface area (Å²) < 4.78 is 0. The van der Waals surface area contributed by atoms with Crippen LogP contribution in [0, 0.1) is 0 Å². The molecular formula is C14H16N2. The minimum absolute atomic E-state index is 0.715. The van der Waals surface area contributed by atoms with Gasteiger partial charge in [0.2, 0.25) is 0 Å². The van der Waals surface area contributed by atoms with Gasteiger partial charge in [-0.3, -0.25) is 4.98 Å². The van der Waals surface area contributed by atoms with Crippen LogP contribution < -0.4 is 5.32 Å². The van der Waals surface area contributed by atoms with Crippen LogP contribution >= 0.6 is 0 Å². The number of nitrogens with one attached hydrogen (secondary N) is 1. The van der Waals surface area contributed by atoms with Crippen LogP contribution in [0.5, 0.6) is 0 Å². The van der Waals surface area contributed by atoms with Crippen molar-refractivity contribution in [2.75, 3.05) is 13.1 Å². The van der Waals surface area contributed by atoms with E-state index in [1.807, 2.05) is 12.4 Å². The highest BCUT2D eigenvalue weighted by Gasteiger charge is 2.16. The molecule has 2 nitrogen and oxygen atoms in total. The molecule has 0 spiro atoms. The largest absolute Gasteiger partial charge is 0.317 e. The van der Waals surface area contributed by atoms with Gasteiger partial charge in [-0.2, -0.15) is 0 Å². The van der Waals surface area contributed by atoms with Crippen LogP contribution in [0.15, 0.2) is 36.7 Å². The van der Waals surface area contributed by atoms with Gasteiger partial charge >= 0.3 is 0 Å². The number of piperidine rings is 1. The molecule has 0 saturated carbocycles. The van der Waals surface area contributed by atoms with Crippen molar-refractivity contribution in [3.63, 3.8) is 0 Å². The van der Waals surface area contributed by atoms with Gasteiger partial charge in [-0.1, -0.05) is 18.2 Å². The van der Waals surface area contributed by atoms with Crippen molar-refractivity contribution in [1.82, 2.24) is 10.3 Å². The van der Waals surface area contributed by atoms with Crippen molar-refractivity contribution in [3.05, 3.63) is 42.2 Å². The average Bonchev–Trinajstić information content (AvgIpc) is 2.39. The Hall–Kier alpha value is -1.41. The maximum atomic E-state index is 4.19. The summed E-state index contributed by atoms with van der Waals surface area (Å²) in [4.78, 5) is 4.19. The van der Waals surface area contributed by atoms with Crippen molar-refractivity contribution in [1.29, 1.82) is 0 Å². The minimum Gasteiger partial charge on any atom is -0.317 e. The van der Waals surface area contributed by atoms with E-state index in [9.17, 15) is 0 Å². The molecule has 1 fully saturated rings. The average molecular weight is 212 g/mol. The van der Waals surface area contributed by atoms with E-state index in [2.05, 4.69) is 34.6 Å². The Morgan fingerprint density at radius 3 is 2.88 bits per heavy atom. The van der Waals surface area contributed by atoms with Gasteiger partial charge in [-0.05, 0) is 48.9 Å². The predicted molar refractivity (Wildman–Crippen MR) is 66.6 cm³/mol. The Kier molecular flexibility index (Phi) is 2.58. The quantitative estimate of drug-likeness (QED) is 0.786. The number of nitrogens with zero attached hydrogens (tertiary/aromatic N) is 1. The lowest BCUT2D eigenvalue weighted by molar-refractivity contribution is 0.462. The topological polar surface area (TPSA) is 24.9 Å². The van der Waals surface area contributed by atoms with Crippen LogP contribution in [0.25, 0.3) is 10.8 Å². The first-order valence-corrected chi connectivity index (χ1v) is 5.98. The fourth-order valence-corrected chi connectivity index (χ4v) is 2.64. The molecule has 0 atom stereocenters. The number of rotatable bonds is 1. The zero-order chi connectivity index (χ0) is 10.8. The first kappa shape index (κ1) is 9.79. The maximum Gasteiger partial charge on any atom is 0.0346 e. The minimum atomic E-state index is 0.715. The van der Waals surface area contributed by atoms with Gasteiger partial charge in [-0.15, -0.1) is 0 Å². The van der Waals surface area contributed by atoms with Crippen molar-refractivity contribution in [2.24, 2.45) is 0 Å². The Morgan fingerprint density at radius 2 is 2.00 bits per heavy atom. The summed E-state index contributed by atoms with van der Waals surface area (Å²) in [5.74, 6) is 0.715. The van der Waals surface area contributed by atoms with E-state index in [1.165, 1.54) is 29.2 Å². The number of hydrogen-bond donors (Lipinski definition) is 1. The fraction of sp³-hybridized carbons (Fsp3) is 0.357. The molecule has 1 aliphatic rings. The summed E-state index contributed by atoms with van der Waals surface area (Å²) in [6.07, 6.45) is 6.36. The van der Waals surface area contributed by atoms with Gasteiger partial charge in [0.15, 0.2) is 0 Å². The Morgan fingerprint density at radius 1 is 1.12 bits per heavy atom. The van der Waals surface area contributed by atoms with Gasteiger partial charge < -0.3 is 5.32 Å². The maximum absolute atomic E-state index is 4.19. The zero-order valence-electron chi connectivity index (χ0n) is 9.32. The van der Waals surface area contributed by atoms with E-state index in [4.69, 9.17) is 0 Å². The summed E-state index contributed by atoms with van der Waals surface area (Å²) in [5.41, 5.74) is 1.50. The zero-order valence-corrected chi connectivity index (χ0v) is 9.32. The van der Waals surface area contributed by atoms with E-state index in [-0.39, 0.29) is 0 Å². The molecule has 2 aromatic rings. The molecule has 1 N–H and O–H groups in total. The highest BCUT2D eigenvalue weighted by Crippen LogP contribution is 2.30. The number of pyridine rings is 1. The van der Waals surface area contributed by atoms with Gasteiger partial charge in [0.25, 0.3) is 0 Å². The molecular weight excluding hydrogens is 196 g/mol. The first-order chi connectivity index (χ1) is 7.95. The lowest BCUT2D eigenvalue weighted by Crippen LogP contribution is -2.26. The van der Waals surface area contributed by atoms with Crippen LogP contribution in [0.3, 0.4) is 0 Å². The van der Waals surface area contributed by atoms with Crippen molar-refractivity contribution < 1.29 is 0 Å². The van der Waals surface area contributed by atoms with E-state index in [0.29, 0.717) is 5.92 Å². The second-order valence-corrected chi connectivity index (χ2v) is 4.47. The monoisotopic (exact) mass is 212 g/mol. The fourth-order valence-electron chi connectivity index (χ4n) is 2.64. The second-order valence-electron chi connectivity index (χ2n) is 4.47. The third-order valence-corrected chi connectivity index (χ3v) is 3.49. The van der Waals surface area contributed by atoms with E-state index >= 15 is 0 Å². The van der Waals surface area contributed by atoms with Crippen LogP contribution in [-0.2, 0) is 0 Å². The third kappa shape index (κ3) is 1.69. The molecule has 0 amide bonds. The van der Waals surface area contributed by atoms with Crippen LogP contribution in [0.1, 0.15) is 24.3 Å². The van der Waals surface area contributed by atoms with Gasteiger partial charge in [0.05, 0.1) is 0 Å². The van der Waals surface area contributed by atoms with Crippen molar-refractivity contribution in [3.8, 4) is 0 Å². The summed E-state index contributed by atoms with van der Waals surface area (Å²) in [7, 11) is 0. The second kappa shape index (κ2) is 4.22. The standard InChI is InChI=1S/C14H16N2/c1-2-12-10-16-9-6-14(12)13(3-1)11-4-7-15-8-5-11/h1-3,6,9-11,15H,4-5,7-8H2. The molecule has 1 aromatic heterocycles. The number of aromatic nitrogens is 1. The van der Waals surface area contributed by atoms with Crippen LogP contribution in [0.2, 0.25) is 0 Å². The number of benzene rings is 1. The van der Waals surface area contributed by atoms with E-state index in [1.54, 1.807) is 0 Å². The lowest BCUT2D eigenvalue weighted by atomic mass is 9.87. The summed E-state index contributed by atoms with van der Waals surface area (Å²) in [6, 6.07) is 8.72. The SMILES string of the molecule is c1cc(C2CCNCC2)c2ccncc2c1. The molecule has 1 aliphatic heterocycles. The van der Waals surface area contributed by atoms with Crippen molar-refractivity contribution in [2.45, 2.75) is 18.8 Å². The molecule has 1 aromatic carbocycles. The molecule has 3 rings (SSSR count). The molecule has 2 heterocycles. The van der Waals surface area contributed by atoms with Crippen molar-refractivity contribution >= 4 is 10.8 Å². The summed E-state index contributed by atoms with van der Waals surface area (Å²) in [5, 5.41) is 6.06. The molecule has 16 heavy (non-hydrogen) atoms. The van der Waals surface area contributed by atoms with Crippen LogP contribution in [0.4, 0.5) is 0 Å². The number of fused-ring (bicyclic) bond motifs is 1. The lowest BCUT2D eigenvalue weighted by Gasteiger charge is -2.24. The molecule has 0 aliphatic carbocycles. The molecule has 0 unspecified atom stereocenters. The molecule has 0 bridgehead atoms. The number of hydrogen-bond acceptors (Lipinski definition) is 2. The molecule has 1 saturated heterocycles. The Bertz CT molecular complexity index is 482. The summed E-state index contributed by atoms with van der Waals surface area (Å²) in [6.45, 7) is 2.29. The highest BCUT2D eigenvalue weighted by atomic mass is 14.9. The smallest absolute Gasteiger partial charge is 0.0346 e. The third-order valence-electron chi connectivity index (χ3n) is 3.49. The molecule has 2 heteroatoms. The summed E-state index contributed by atoms with van der Waals surface area (Å²) >= 11 is 0.